The predicted molar refractivity (Wildman–Crippen MR) is 51.2 cm³/mol. The zero-order chi connectivity index (χ0) is 12.3. The van der Waals surface area contributed by atoms with Crippen molar-refractivity contribution in [1.82, 2.24) is 5.32 Å². The van der Waals surface area contributed by atoms with E-state index in [-0.39, 0.29) is 6.42 Å². The minimum atomic E-state index is -1.58. The van der Waals surface area contributed by atoms with Crippen molar-refractivity contribution >= 4 is 11.9 Å². The normalized spacial score (nSPS) is 35.1. The number of nitrogens with one attached hydrogen (secondary N) is 1. The summed E-state index contributed by atoms with van der Waals surface area (Å²) in [5, 5.41) is 30.5. The summed E-state index contributed by atoms with van der Waals surface area (Å²) in [5.41, 5.74) is 0. The Bertz CT molecular complexity index is 281. The van der Waals surface area contributed by atoms with Gasteiger partial charge >= 0.3 is 5.97 Å². The molecule has 16 heavy (non-hydrogen) atoms. The van der Waals surface area contributed by atoms with Gasteiger partial charge in [0.15, 0.2) is 6.04 Å². The Morgan fingerprint density at radius 3 is 2.62 bits per heavy atom. The highest BCUT2D eigenvalue weighted by Gasteiger charge is 2.41. The van der Waals surface area contributed by atoms with Crippen molar-refractivity contribution in [3.63, 3.8) is 0 Å². The maximum Gasteiger partial charge on any atom is 0.331 e. The molecule has 0 aromatic carbocycles. The maximum absolute atomic E-state index is 11.3. The van der Waals surface area contributed by atoms with Gasteiger partial charge in [-0.25, -0.2) is 4.79 Å². The number of carbonyl (C=O) groups excluding carboxylic acids is 2. The van der Waals surface area contributed by atoms with Gasteiger partial charge in [0.1, 0.15) is 24.9 Å². The van der Waals surface area contributed by atoms with E-state index in [9.17, 15) is 24.9 Å². The summed E-state index contributed by atoms with van der Waals surface area (Å²) < 4.78 is 4.59. The molecule has 0 aromatic rings. The van der Waals surface area contributed by atoms with Crippen LogP contribution in [0.2, 0.25) is 0 Å². The molecule has 1 heterocycles. The fraction of sp³-hybridized carbons (Fsp3) is 0.778. The van der Waals surface area contributed by atoms with Crippen molar-refractivity contribution < 1.29 is 29.6 Å². The molecule has 0 unspecified atom stereocenters. The zero-order valence-electron chi connectivity index (χ0n) is 8.79. The number of hydrogen-bond donors (Lipinski definition) is 4. The van der Waals surface area contributed by atoms with E-state index >= 15 is 0 Å². The van der Waals surface area contributed by atoms with Gasteiger partial charge in [0.25, 0.3) is 0 Å². The molecule has 1 aliphatic rings. The third kappa shape index (κ3) is 2.69. The standard InChI is InChI=1S/C9H15NO6/c1-2-5(12)10-6-8(14)7(13)4(11)3-16-9(6)15/h4,6-8,11,13-14H,2-3H2,1H3,(H,10,12)/t4-,6-,7+,8-/m1/s1. The van der Waals surface area contributed by atoms with Crippen LogP contribution in [-0.2, 0) is 14.3 Å². The van der Waals surface area contributed by atoms with Crippen LogP contribution in [0.5, 0.6) is 0 Å². The van der Waals surface area contributed by atoms with E-state index in [0.29, 0.717) is 0 Å². The van der Waals surface area contributed by atoms with Gasteiger partial charge < -0.3 is 25.4 Å². The fourth-order valence-electron chi connectivity index (χ4n) is 1.34. The Hall–Kier alpha value is -1.18. The minimum absolute atomic E-state index is 0.134. The summed E-state index contributed by atoms with van der Waals surface area (Å²) in [6.07, 6.45) is -4.34. The summed E-state index contributed by atoms with van der Waals surface area (Å²) in [6, 6.07) is -1.35. The number of rotatable bonds is 2. The number of aliphatic hydroxyl groups excluding tert-OH is 3. The minimum Gasteiger partial charge on any atom is -0.461 e. The van der Waals surface area contributed by atoms with Gasteiger partial charge in [0, 0.05) is 6.42 Å². The first kappa shape index (κ1) is 12.9. The van der Waals surface area contributed by atoms with Crippen LogP contribution in [0, 0.1) is 0 Å². The first-order valence-corrected chi connectivity index (χ1v) is 4.97. The molecule has 7 nitrogen and oxygen atoms in total. The van der Waals surface area contributed by atoms with Crippen LogP contribution in [0.15, 0.2) is 0 Å². The number of amides is 1. The highest BCUT2D eigenvalue weighted by Crippen LogP contribution is 2.12. The molecule has 7 heteroatoms. The molecule has 1 fully saturated rings. The SMILES string of the molecule is CCC(=O)N[C@H]1C(=O)OC[C@@H](O)[C@H](O)[C@@H]1O. The third-order valence-electron chi connectivity index (χ3n) is 2.37. The number of cyclic esters (lactones) is 1. The second-order valence-electron chi connectivity index (χ2n) is 3.58. The Labute approximate surface area is 92.0 Å². The topological polar surface area (TPSA) is 116 Å². The monoisotopic (exact) mass is 233 g/mol. The van der Waals surface area contributed by atoms with Crippen LogP contribution in [0.1, 0.15) is 13.3 Å². The van der Waals surface area contributed by atoms with Gasteiger partial charge in [-0.2, -0.15) is 0 Å². The van der Waals surface area contributed by atoms with E-state index in [2.05, 4.69) is 10.1 Å². The Kier molecular flexibility index (Phi) is 4.22. The molecule has 1 saturated heterocycles. The first-order valence-electron chi connectivity index (χ1n) is 4.97. The fourth-order valence-corrected chi connectivity index (χ4v) is 1.34. The Morgan fingerprint density at radius 2 is 2.06 bits per heavy atom. The van der Waals surface area contributed by atoms with Crippen molar-refractivity contribution in [2.75, 3.05) is 6.61 Å². The smallest absolute Gasteiger partial charge is 0.331 e. The number of esters is 1. The van der Waals surface area contributed by atoms with Crippen molar-refractivity contribution in [1.29, 1.82) is 0 Å². The van der Waals surface area contributed by atoms with Crippen LogP contribution in [0.3, 0.4) is 0 Å². The van der Waals surface area contributed by atoms with Crippen molar-refractivity contribution in [3.05, 3.63) is 0 Å². The zero-order valence-corrected chi connectivity index (χ0v) is 8.79. The van der Waals surface area contributed by atoms with E-state index in [4.69, 9.17) is 0 Å². The van der Waals surface area contributed by atoms with Crippen molar-refractivity contribution in [2.24, 2.45) is 0 Å². The molecule has 1 amide bonds. The summed E-state index contributed by atoms with van der Waals surface area (Å²) in [7, 11) is 0. The van der Waals surface area contributed by atoms with Crippen molar-refractivity contribution in [3.8, 4) is 0 Å². The molecule has 0 aromatic heterocycles. The van der Waals surface area contributed by atoms with E-state index in [0.717, 1.165) is 0 Å². The summed E-state index contributed by atoms with van der Waals surface area (Å²) in [5.74, 6) is -1.32. The Balaban J connectivity index is 2.78. The lowest BCUT2D eigenvalue weighted by atomic mass is 10.0. The highest BCUT2D eigenvalue weighted by molar-refractivity contribution is 5.85. The van der Waals surface area contributed by atoms with Gasteiger partial charge in [-0.05, 0) is 0 Å². The third-order valence-corrected chi connectivity index (χ3v) is 2.37. The molecule has 4 N–H and O–H groups in total. The molecule has 0 spiro atoms. The van der Waals surface area contributed by atoms with E-state index in [1.807, 2.05) is 0 Å². The largest absolute Gasteiger partial charge is 0.461 e. The molecule has 92 valence electrons. The number of ether oxygens (including phenoxy) is 1. The quantitative estimate of drug-likeness (QED) is 0.392. The highest BCUT2D eigenvalue weighted by atomic mass is 16.5. The number of carbonyl (C=O) groups is 2. The molecule has 1 rings (SSSR count). The second-order valence-corrected chi connectivity index (χ2v) is 3.58. The van der Waals surface area contributed by atoms with Crippen molar-refractivity contribution in [2.45, 2.75) is 37.7 Å². The lowest BCUT2D eigenvalue weighted by Crippen LogP contribution is -2.53. The van der Waals surface area contributed by atoms with Gasteiger partial charge in [0.05, 0.1) is 0 Å². The van der Waals surface area contributed by atoms with E-state index in [1.54, 1.807) is 6.92 Å². The molecule has 1 aliphatic heterocycles. The molecular weight excluding hydrogens is 218 g/mol. The van der Waals surface area contributed by atoms with Gasteiger partial charge in [0.2, 0.25) is 5.91 Å². The molecule has 4 atom stereocenters. The molecule has 0 aliphatic carbocycles. The lowest BCUT2D eigenvalue weighted by Gasteiger charge is -2.23. The molecular formula is C9H15NO6. The summed E-state index contributed by atoms with van der Waals surface area (Å²) >= 11 is 0. The van der Waals surface area contributed by atoms with Gasteiger partial charge in [-0.1, -0.05) is 6.92 Å². The van der Waals surface area contributed by atoms with Crippen LogP contribution in [-0.4, -0.2) is 58.2 Å². The van der Waals surface area contributed by atoms with Gasteiger partial charge in [-0.3, -0.25) is 4.79 Å². The number of hydrogen-bond acceptors (Lipinski definition) is 6. The van der Waals surface area contributed by atoms with Crippen LogP contribution >= 0.6 is 0 Å². The average Bonchev–Trinajstić information content (AvgIpc) is 2.36. The second kappa shape index (κ2) is 5.24. The number of aliphatic hydroxyl groups is 3. The van der Waals surface area contributed by atoms with E-state index < -0.39 is 42.8 Å². The first-order chi connectivity index (χ1) is 7.47. The van der Waals surface area contributed by atoms with Crippen LogP contribution < -0.4 is 5.32 Å². The van der Waals surface area contributed by atoms with Gasteiger partial charge in [-0.15, -0.1) is 0 Å². The summed E-state index contributed by atoms with van der Waals surface area (Å²) in [6.45, 7) is 1.17. The van der Waals surface area contributed by atoms with Crippen LogP contribution in [0.25, 0.3) is 0 Å². The average molecular weight is 233 g/mol. The lowest BCUT2D eigenvalue weighted by molar-refractivity contribution is -0.150. The maximum atomic E-state index is 11.3. The van der Waals surface area contributed by atoms with E-state index in [1.165, 1.54) is 0 Å². The Morgan fingerprint density at radius 1 is 1.44 bits per heavy atom. The molecule has 0 bridgehead atoms. The predicted octanol–water partition coefficient (Wildman–Crippen LogP) is -2.48. The molecule has 0 saturated carbocycles. The van der Waals surface area contributed by atoms with Crippen LogP contribution in [0.4, 0.5) is 0 Å². The molecule has 0 radical (unpaired) electrons. The summed E-state index contributed by atoms with van der Waals surface area (Å²) in [4.78, 5) is 22.4.